The molecule has 0 unspecified atom stereocenters. The maximum absolute atomic E-state index is 13.7. The number of hydrogen-bond donors (Lipinski definition) is 0. The highest BCUT2D eigenvalue weighted by Crippen LogP contribution is 2.39. The van der Waals surface area contributed by atoms with Gasteiger partial charge in [-0.15, -0.1) is 0 Å². The highest BCUT2D eigenvalue weighted by Gasteiger charge is 2.52. The first-order valence-corrected chi connectivity index (χ1v) is 14.1. The van der Waals surface area contributed by atoms with Crippen LogP contribution in [0.5, 0.6) is 5.75 Å². The Morgan fingerprint density at radius 1 is 0.884 bits per heavy atom. The van der Waals surface area contributed by atoms with Gasteiger partial charge < -0.3 is 4.74 Å². The molecule has 43 heavy (non-hydrogen) atoms. The second-order valence-electron chi connectivity index (χ2n) is 10.1. The quantitative estimate of drug-likeness (QED) is 0.0794. The molecule has 2 aliphatic rings. The normalized spacial score (nSPS) is 17.8. The number of nitrogens with zero attached hydrogens (tertiary/aromatic N) is 3. The molecule has 0 radical (unpaired) electrons. The molecule has 11 nitrogen and oxygen atoms in total. The number of rotatable bonds is 8. The van der Waals surface area contributed by atoms with Crippen molar-refractivity contribution in [1.82, 2.24) is 10.0 Å². The van der Waals surface area contributed by atoms with Gasteiger partial charge in [0.15, 0.2) is 5.78 Å². The summed E-state index contributed by atoms with van der Waals surface area (Å²) in [7, 11) is 0. The van der Waals surface area contributed by atoms with E-state index in [0.717, 1.165) is 22.9 Å². The van der Waals surface area contributed by atoms with Gasteiger partial charge in [-0.05, 0) is 67.4 Å². The molecule has 1 saturated carbocycles. The summed E-state index contributed by atoms with van der Waals surface area (Å²) in [6.45, 7) is -0.642. The van der Waals surface area contributed by atoms with E-state index in [-0.39, 0.29) is 38.2 Å². The van der Waals surface area contributed by atoms with E-state index in [1.165, 1.54) is 66.7 Å². The monoisotopic (exact) mass is 623 g/mol. The first kappa shape index (κ1) is 29.9. The van der Waals surface area contributed by atoms with Gasteiger partial charge in [0.1, 0.15) is 12.3 Å². The zero-order valence-electron chi connectivity index (χ0n) is 22.4. The summed E-state index contributed by atoms with van der Waals surface area (Å²) >= 11 is 12.3. The molecule has 0 aromatic heterocycles. The lowest BCUT2D eigenvalue weighted by Gasteiger charge is -2.30. The van der Waals surface area contributed by atoms with Gasteiger partial charge in [0.25, 0.3) is 23.4 Å². The van der Waals surface area contributed by atoms with Gasteiger partial charge in [-0.2, -0.15) is 5.01 Å². The van der Waals surface area contributed by atoms with Gasteiger partial charge in [-0.25, -0.2) is 9.80 Å². The van der Waals surface area contributed by atoms with E-state index in [9.17, 15) is 34.1 Å². The molecule has 3 aromatic rings. The molecule has 2 atom stereocenters. The van der Waals surface area contributed by atoms with Gasteiger partial charge in [-0.1, -0.05) is 36.0 Å². The second kappa shape index (κ2) is 12.3. The molecule has 5 rings (SSSR count). The molecule has 13 heteroatoms. The molecule has 0 spiro atoms. The van der Waals surface area contributed by atoms with Crippen molar-refractivity contribution in [2.45, 2.75) is 25.7 Å². The molecule has 2 fully saturated rings. The van der Waals surface area contributed by atoms with Crippen molar-refractivity contribution in [3.8, 4) is 5.75 Å². The summed E-state index contributed by atoms with van der Waals surface area (Å²) in [5.41, 5.74) is -0.0165. The maximum Gasteiger partial charge on any atom is 0.343 e. The van der Waals surface area contributed by atoms with Crippen LogP contribution in [-0.2, 0) is 9.59 Å². The summed E-state index contributed by atoms with van der Waals surface area (Å²) in [5, 5.41) is 12.7. The van der Waals surface area contributed by atoms with Gasteiger partial charge in [0, 0.05) is 22.7 Å². The van der Waals surface area contributed by atoms with Crippen molar-refractivity contribution < 1.29 is 33.6 Å². The largest absolute Gasteiger partial charge is 0.423 e. The zero-order valence-corrected chi connectivity index (χ0v) is 23.9. The number of fused-ring (bicyclic) bond motifs is 1. The van der Waals surface area contributed by atoms with E-state index in [2.05, 4.69) is 0 Å². The highest BCUT2D eigenvalue weighted by molar-refractivity contribution is 6.36. The number of nitro benzene ring substituents is 1. The van der Waals surface area contributed by atoms with E-state index in [1.807, 2.05) is 0 Å². The summed E-state index contributed by atoms with van der Waals surface area (Å²) in [6.07, 6.45) is 2.60. The number of non-ortho nitro benzene ring substituents is 1. The highest BCUT2D eigenvalue weighted by atomic mass is 35.5. The van der Waals surface area contributed by atoms with Crippen LogP contribution in [0, 0.1) is 22.0 Å². The van der Waals surface area contributed by atoms with Crippen LogP contribution in [0.25, 0.3) is 0 Å². The molecular formula is C30H23Cl2N3O8. The number of halogens is 2. The number of hydrogen-bond acceptors (Lipinski definition) is 8. The van der Waals surface area contributed by atoms with Crippen molar-refractivity contribution in [1.29, 1.82) is 0 Å². The van der Waals surface area contributed by atoms with Crippen molar-refractivity contribution in [3.63, 3.8) is 0 Å². The summed E-state index contributed by atoms with van der Waals surface area (Å²) in [4.78, 5) is 76.5. The van der Waals surface area contributed by atoms with Gasteiger partial charge >= 0.3 is 5.97 Å². The molecule has 1 saturated heterocycles. The Hall–Kier alpha value is -4.61. The second-order valence-corrected chi connectivity index (χ2v) is 11.0. The van der Waals surface area contributed by atoms with Crippen LogP contribution in [0.1, 0.15) is 56.8 Å². The predicted octanol–water partition coefficient (Wildman–Crippen LogP) is 5.54. The Morgan fingerprint density at radius 2 is 1.47 bits per heavy atom. The van der Waals surface area contributed by atoms with Gasteiger partial charge in [-0.3, -0.25) is 29.3 Å². The van der Waals surface area contributed by atoms with Crippen molar-refractivity contribution in [2.75, 3.05) is 6.54 Å². The lowest BCUT2D eigenvalue weighted by atomic mass is 9.81. The summed E-state index contributed by atoms with van der Waals surface area (Å²) in [6, 6.07) is 14.5. The Labute approximate surface area is 255 Å². The minimum Gasteiger partial charge on any atom is -0.423 e. The van der Waals surface area contributed by atoms with Crippen LogP contribution in [0.2, 0.25) is 10.0 Å². The van der Waals surface area contributed by atoms with E-state index in [4.69, 9.17) is 27.9 Å². The first-order chi connectivity index (χ1) is 20.5. The van der Waals surface area contributed by atoms with Crippen LogP contribution in [0.4, 0.5) is 5.69 Å². The van der Waals surface area contributed by atoms with Crippen LogP contribution < -0.4 is 4.74 Å². The predicted molar refractivity (Wildman–Crippen MR) is 154 cm³/mol. The smallest absolute Gasteiger partial charge is 0.343 e. The SMILES string of the molecule is O=C(CN(C(=O)c1ccc(Cl)cc1Cl)N1C(=O)[C@H]2CCCC[C@@H]2C1=O)c1ccc(OC(=O)c2ccc([N+](=O)[O-])cc2)cc1. The topological polar surface area (TPSA) is 144 Å². The number of amides is 3. The van der Waals surface area contributed by atoms with Crippen LogP contribution >= 0.6 is 23.2 Å². The van der Waals surface area contributed by atoms with Crippen molar-refractivity contribution in [3.05, 3.63) is 104 Å². The molecule has 3 amide bonds. The van der Waals surface area contributed by atoms with E-state index >= 15 is 0 Å². The Morgan fingerprint density at radius 3 is 2.02 bits per heavy atom. The number of imide groups is 1. The fraction of sp³-hybridized carbons (Fsp3) is 0.233. The third-order valence-electron chi connectivity index (χ3n) is 7.45. The molecular weight excluding hydrogens is 601 g/mol. The van der Waals surface area contributed by atoms with E-state index < -0.39 is 52.8 Å². The molecule has 1 aliphatic carbocycles. The fourth-order valence-corrected chi connectivity index (χ4v) is 5.73. The molecule has 1 heterocycles. The van der Waals surface area contributed by atoms with Crippen molar-refractivity contribution >= 4 is 58.4 Å². The Kier molecular flexibility index (Phi) is 8.56. The average Bonchev–Trinajstić information content (AvgIpc) is 3.25. The van der Waals surface area contributed by atoms with Crippen molar-refractivity contribution in [2.24, 2.45) is 11.8 Å². The molecule has 3 aromatic carbocycles. The summed E-state index contributed by atoms with van der Waals surface area (Å²) in [5.74, 6) is -4.27. The molecule has 220 valence electrons. The number of carbonyl (C=O) groups is 5. The fourth-order valence-electron chi connectivity index (χ4n) is 5.24. The molecule has 0 N–H and O–H groups in total. The standard InChI is InChI=1S/C30H23Cl2N3O8/c31-19-9-14-24(25(32)15-19)27(37)33(34-28(38)22-3-1-2-4-23(22)29(34)39)16-26(36)17-7-12-21(13-8-17)43-30(40)18-5-10-20(11-6-18)35(41)42/h5-15,22-23H,1-4,16H2/t22-,23-/m0/s1. The van der Waals surface area contributed by atoms with Gasteiger partial charge in [0.2, 0.25) is 0 Å². The number of esters is 1. The number of benzene rings is 3. The summed E-state index contributed by atoms with van der Waals surface area (Å²) < 4.78 is 5.29. The zero-order chi connectivity index (χ0) is 30.8. The Bertz CT molecular complexity index is 1620. The minimum absolute atomic E-state index is 0.00866. The number of nitro groups is 1. The first-order valence-electron chi connectivity index (χ1n) is 13.3. The third kappa shape index (κ3) is 6.13. The number of ether oxygens (including phenoxy) is 1. The third-order valence-corrected chi connectivity index (χ3v) is 8.00. The maximum atomic E-state index is 13.7. The molecule has 1 aliphatic heterocycles. The van der Waals surface area contributed by atoms with Crippen LogP contribution in [0.3, 0.4) is 0 Å². The number of carbonyl (C=O) groups excluding carboxylic acids is 5. The lowest BCUT2D eigenvalue weighted by Crippen LogP contribution is -2.52. The van der Waals surface area contributed by atoms with Gasteiger partial charge in [0.05, 0.1) is 32.9 Å². The lowest BCUT2D eigenvalue weighted by molar-refractivity contribution is -0.384. The van der Waals surface area contributed by atoms with Crippen LogP contribution in [-0.4, -0.2) is 51.0 Å². The Balaban J connectivity index is 1.36. The number of Topliss-reactive ketones (excluding diaryl/α,β-unsaturated/α-hetero) is 1. The minimum atomic E-state index is -0.816. The van der Waals surface area contributed by atoms with E-state index in [0.29, 0.717) is 12.8 Å². The number of ketones is 1. The molecule has 0 bridgehead atoms. The van der Waals surface area contributed by atoms with Crippen LogP contribution in [0.15, 0.2) is 66.7 Å². The number of hydrazine groups is 1. The average molecular weight is 624 g/mol. The van der Waals surface area contributed by atoms with E-state index in [1.54, 1.807) is 0 Å².